The second kappa shape index (κ2) is 5.98. The maximum Gasteiger partial charge on any atom is 0.177 e. The predicted octanol–water partition coefficient (Wildman–Crippen LogP) is 3.54. The van der Waals surface area contributed by atoms with Gasteiger partial charge in [0.05, 0.1) is 17.2 Å². The van der Waals surface area contributed by atoms with Gasteiger partial charge in [0.1, 0.15) is 0 Å². The van der Waals surface area contributed by atoms with Crippen molar-refractivity contribution < 1.29 is 0 Å². The Morgan fingerprint density at radius 1 is 1.27 bits per heavy atom. The van der Waals surface area contributed by atoms with Crippen LogP contribution in [0.2, 0.25) is 0 Å². The Labute approximate surface area is 151 Å². The predicted molar refractivity (Wildman–Crippen MR) is 101 cm³/mol. The number of rotatable bonds is 4. The lowest BCUT2D eigenvalue weighted by molar-refractivity contribution is 0.442. The zero-order valence-corrected chi connectivity index (χ0v) is 14.5. The second-order valence-corrected chi connectivity index (χ2v) is 6.75. The normalized spacial score (nSPS) is 16.7. The van der Waals surface area contributed by atoms with Crippen molar-refractivity contribution in [3.05, 3.63) is 66.8 Å². The average Bonchev–Trinajstić information content (AvgIpc) is 3.39. The second-order valence-electron chi connectivity index (χ2n) is 6.75. The molecule has 0 aliphatic heterocycles. The molecule has 5 rings (SSSR count). The van der Waals surface area contributed by atoms with Gasteiger partial charge in [-0.05, 0) is 37.0 Å². The van der Waals surface area contributed by atoms with E-state index in [-0.39, 0.29) is 0 Å². The fraction of sp³-hybridized carbons (Fsp3) is 0.250. The Balaban J connectivity index is 1.61. The molecule has 0 fully saturated rings. The van der Waals surface area contributed by atoms with E-state index in [9.17, 15) is 0 Å². The van der Waals surface area contributed by atoms with E-state index in [1.807, 2.05) is 36.7 Å². The number of imidazole rings is 2. The highest BCUT2D eigenvalue weighted by atomic mass is 15.2. The molecule has 130 valence electrons. The van der Waals surface area contributed by atoms with Crippen molar-refractivity contribution in [3.8, 4) is 11.6 Å². The third kappa shape index (κ3) is 2.29. The molecule has 0 spiro atoms. The molecule has 4 aromatic rings. The number of hydrogen-bond acceptors (Lipinski definition) is 3. The van der Waals surface area contributed by atoms with Crippen LogP contribution in [-0.2, 0) is 19.4 Å². The fourth-order valence-corrected chi connectivity index (χ4v) is 3.98. The molecule has 6 heteroatoms. The summed E-state index contributed by atoms with van der Waals surface area (Å²) in [6.07, 6.45) is 10.9. The van der Waals surface area contributed by atoms with E-state index in [2.05, 4.69) is 43.2 Å². The molecule has 1 aromatic carbocycles. The molecule has 3 heterocycles. The first-order valence-corrected chi connectivity index (χ1v) is 8.95. The number of benzene rings is 1. The molecule has 1 aliphatic rings. The number of hydrogen-bond donors (Lipinski definition) is 1. The third-order valence-electron chi connectivity index (χ3n) is 5.22. The molecule has 1 unspecified atom stereocenters. The minimum atomic E-state index is 0.370. The molecule has 26 heavy (non-hydrogen) atoms. The van der Waals surface area contributed by atoms with Crippen LogP contribution < -0.4 is 0 Å². The first kappa shape index (κ1) is 15.1. The average molecular weight is 344 g/mol. The quantitative estimate of drug-likeness (QED) is 0.576. The summed E-state index contributed by atoms with van der Waals surface area (Å²) in [5.74, 6) is 1.81. The summed E-state index contributed by atoms with van der Waals surface area (Å²) in [4.78, 5) is 9.54. The first-order valence-electron chi connectivity index (χ1n) is 8.95. The molecule has 1 N–H and O–H groups in total. The van der Waals surface area contributed by atoms with E-state index < -0.39 is 0 Å². The number of aromatic amines is 1. The fourth-order valence-electron chi connectivity index (χ4n) is 3.98. The number of nitrogens with one attached hydrogen (secondary N) is 1. The molecular weight excluding hydrogens is 324 g/mol. The van der Waals surface area contributed by atoms with Gasteiger partial charge in [-0.3, -0.25) is 5.10 Å². The molecule has 0 bridgehead atoms. The van der Waals surface area contributed by atoms with Crippen molar-refractivity contribution in [2.24, 2.45) is 0 Å². The molecule has 6 nitrogen and oxygen atoms in total. The summed E-state index contributed by atoms with van der Waals surface area (Å²) in [5, 5.41) is 7.30. The Kier molecular flexibility index (Phi) is 3.48. The number of para-hydroxylation sites is 2. The highest BCUT2D eigenvalue weighted by Gasteiger charge is 2.25. The van der Waals surface area contributed by atoms with Gasteiger partial charge in [-0.15, -0.1) is 6.58 Å². The Bertz CT molecular complexity index is 1080. The van der Waals surface area contributed by atoms with E-state index in [0.717, 1.165) is 41.9 Å². The van der Waals surface area contributed by atoms with E-state index in [1.54, 1.807) is 0 Å². The molecule has 0 saturated heterocycles. The number of aryl methyl sites for hydroxylation is 1. The standard InChI is InChI=1S/C20H20N6/c1-2-10-26-18-6-4-3-5-17(18)23-20(26)19-21-9-11-25(19)15-7-8-16-14(12-15)13-22-24-16/h2-6,9,11,13,15H,1,7-8,10,12H2,(H,22,24). The van der Waals surface area contributed by atoms with Crippen molar-refractivity contribution in [3.63, 3.8) is 0 Å². The van der Waals surface area contributed by atoms with Crippen molar-refractivity contribution in [2.75, 3.05) is 0 Å². The minimum Gasteiger partial charge on any atom is -0.325 e. The van der Waals surface area contributed by atoms with Crippen LogP contribution >= 0.6 is 0 Å². The highest BCUT2D eigenvalue weighted by molar-refractivity contribution is 5.79. The lowest BCUT2D eigenvalue weighted by atomic mass is 9.93. The number of H-pyrrole nitrogens is 1. The maximum absolute atomic E-state index is 4.88. The summed E-state index contributed by atoms with van der Waals surface area (Å²) in [6.45, 7) is 4.62. The zero-order valence-electron chi connectivity index (χ0n) is 14.5. The smallest absolute Gasteiger partial charge is 0.177 e. The van der Waals surface area contributed by atoms with Crippen LogP contribution in [0.1, 0.15) is 23.7 Å². The minimum absolute atomic E-state index is 0.370. The van der Waals surface area contributed by atoms with Gasteiger partial charge in [-0.25, -0.2) is 9.97 Å². The van der Waals surface area contributed by atoms with Crippen molar-refractivity contribution in [2.45, 2.75) is 31.8 Å². The summed E-state index contributed by atoms with van der Waals surface area (Å²) < 4.78 is 4.46. The van der Waals surface area contributed by atoms with Crippen molar-refractivity contribution in [1.29, 1.82) is 0 Å². The van der Waals surface area contributed by atoms with Crippen LogP contribution in [0.5, 0.6) is 0 Å². The van der Waals surface area contributed by atoms with Gasteiger partial charge in [0.2, 0.25) is 0 Å². The zero-order chi connectivity index (χ0) is 17.5. The van der Waals surface area contributed by atoms with Crippen LogP contribution in [-0.4, -0.2) is 29.3 Å². The van der Waals surface area contributed by atoms with Gasteiger partial charge in [0, 0.05) is 30.7 Å². The van der Waals surface area contributed by atoms with E-state index in [0.29, 0.717) is 12.6 Å². The Hall–Kier alpha value is -3.15. The molecule has 0 radical (unpaired) electrons. The molecule has 1 aliphatic carbocycles. The molecule has 3 aromatic heterocycles. The molecule has 0 saturated carbocycles. The summed E-state index contributed by atoms with van der Waals surface area (Å²) in [7, 11) is 0. The van der Waals surface area contributed by atoms with Gasteiger partial charge >= 0.3 is 0 Å². The lowest BCUT2D eigenvalue weighted by Crippen LogP contribution is -2.19. The monoisotopic (exact) mass is 344 g/mol. The summed E-state index contributed by atoms with van der Waals surface area (Å²) in [6, 6.07) is 8.58. The maximum atomic E-state index is 4.88. The summed E-state index contributed by atoms with van der Waals surface area (Å²) in [5.41, 5.74) is 4.67. The van der Waals surface area contributed by atoms with Crippen molar-refractivity contribution >= 4 is 11.0 Å². The van der Waals surface area contributed by atoms with E-state index in [1.165, 1.54) is 11.3 Å². The Morgan fingerprint density at radius 2 is 2.19 bits per heavy atom. The van der Waals surface area contributed by atoms with Crippen molar-refractivity contribution in [1.82, 2.24) is 29.3 Å². The van der Waals surface area contributed by atoms with Gasteiger partial charge in [-0.2, -0.15) is 5.10 Å². The lowest BCUT2D eigenvalue weighted by Gasteiger charge is -2.24. The van der Waals surface area contributed by atoms with E-state index in [4.69, 9.17) is 4.98 Å². The van der Waals surface area contributed by atoms with E-state index >= 15 is 0 Å². The van der Waals surface area contributed by atoms with Crippen LogP contribution in [0.25, 0.3) is 22.7 Å². The Morgan fingerprint density at radius 3 is 3.12 bits per heavy atom. The van der Waals surface area contributed by atoms with Crippen LogP contribution in [0.3, 0.4) is 0 Å². The first-order chi connectivity index (χ1) is 12.8. The highest BCUT2D eigenvalue weighted by Crippen LogP contribution is 2.32. The van der Waals surface area contributed by atoms with Crippen LogP contribution in [0.15, 0.2) is 55.5 Å². The number of fused-ring (bicyclic) bond motifs is 2. The topological polar surface area (TPSA) is 64.3 Å². The van der Waals surface area contributed by atoms with Gasteiger partial charge in [-0.1, -0.05) is 18.2 Å². The molecule has 0 amide bonds. The third-order valence-corrected chi connectivity index (χ3v) is 5.22. The van der Waals surface area contributed by atoms with Gasteiger partial charge in [0.15, 0.2) is 11.6 Å². The number of nitrogens with zero attached hydrogens (tertiary/aromatic N) is 5. The van der Waals surface area contributed by atoms with Gasteiger partial charge in [0.25, 0.3) is 0 Å². The van der Waals surface area contributed by atoms with Crippen LogP contribution in [0.4, 0.5) is 0 Å². The largest absolute Gasteiger partial charge is 0.325 e. The SMILES string of the molecule is C=CCn1c(-c2nccn2C2CCc3[nH]ncc3C2)nc2ccccc21. The molecular formula is C20H20N6. The van der Waals surface area contributed by atoms with Gasteiger partial charge < -0.3 is 9.13 Å². The molecule has 1 atom stereocenters. The summed E-state index contributed by atoms with van der Waals surface area (Å²) >= 11 is 0. The number of aromatic nitrogens is 6. The number of allylic oxidation sites excluding steroid dienone is 1. The van der Waals surface area contributed by atoms with Crippen LogP contribution in [0, 0.1) is 0 Å².